The number of unbranched alkanes of at least 4 members (excludes halogenated alkanes) is 1. The molecule has 96 valence electrons. The number of hydrogen-bond acceptors (Lipinski definition) is 3. The second kappa shape index (κ2) is 8.97. The fraction of sp³-hybridized carbons (Fsp3) is 1.00. The Kier molecular flexibility index (Phi) is 7.81. The predicted octanol–water partition coefficient (Wildman–Crippen LogP) is 1.73. The molecule has 16 heavy (non-hydrogen) atoms. The normalized spacial score (nSPS) is 18.2. The Bertz CT molecular complexity index is 156. The van der Waals surface area contributed by atoms with Crippen molar-refractivity contribution in [1.29, 1.82) is 0 Å². The number of ether oxygens (including phenoxy) is 1. The highest BCUT2D eigenvalue weighted by Gasteiger charge is 2.08. The first-order valence-electron chi connectivity index (χ1n) is 6.80. The smallest absolute Gasteiger partial charge is 0.0594 e. The first-order valence-corrected chi connectivity index (χ1v) is 6.80. The molecule has 0 radical (unpaired) electrons. The molecule has 0 unspecified atom stereocenters. The monoisotopic (exact) mass is 228 g/mol. The Morgan fingerprint density at radius 2 is 1.88 bits per heavy atom. The molecule has 1 N–H and O–H groups in total. The Hall–Kier alpha value is -0.120. The summed E-state index contributed by atoms with van der Waals surface area (Å²) < 4.78 is 5.32. The first-order chi connectivity index (χ1) is 7.79. The third-order valence-electron chi connectivity index (χ3n) is 3.09. The van der Waals surface area contributed by atoms with Gasteiger partial charge in [0.05, 0.1) is 13.2 Å². The van der Waals surface area contributed by atoms with Gasteiger partial charge in [0, 0.05) is 26.2 Å². The summed E-state index contributed by atoms with van der Waals surface area (Å²) in [6.07, 6.45) is 4.05. The molecule has 0 aliphatic carbocycles. The summed E-state index contributed by atoms with van der Waals surface area (Å²) in [5, 5.41) is 3.52. The van der Waals surface area contributed by atoms with Crippen LogP contribution in [0.5, 0.6) is 0 Å². The van der Waals surface area contributed by atoms with Crippen LogP contribution in [0.1, 0.15) is 33.1 Å². The van der Waals surface area contributed by atoms with Crippen molar-refractivity contribution in [2.24, 2.45) is 5.92 Å². The molecule has 1 aliphatic rings. The van der Waals surface area contributed by atoms with Crippen LogP contribution in [0.25, 0.3) is 0 Å². The van der Waals surface area contributed by atoms with Crippen LogP contribution in [0.15, 0.2) is 0 Å². The number of nitrogens with one attached hydrogen (secondary N) is 1. The van der Waals surface area contributed by atoms with E-state index >= 15 is 0 Å². The quantitative estimate of drug-likeness (QED) is 0.640. The highest BCUT2D eigenvalue weighted by Crippen LogP contribution is 2.04. The van der Waals surface area contributed by atoms with E-state index in [1.54, 1.807) is 0 Å². The zero-order valence-corrected chi connectivity index (χ0v) is 11.0. The highest BCUT2D eigenvalue weighted by atomic mass is 16.5. The molecule has 0 bridgehead atoms. The Balaban J connectivity index is 1.80. The van der Waals surface area contributed by atoms with Crippen molar-refractivity contribution in [2.45, 2.75) is 33.1 Å². The number of morpholine rings is 1. The molecule has 1 saturated heterocycles. The lowest BCUT2D eigenvalue weighted by Gasteiger charge is -2.26. The molecular formula is C13H28N2O. The second-order valence-electron chi connectivity index (χ2n) is 5.09. The number of rotatable bonds is 8. The second-order valence-corrected chi connectivity index (χ2v) is 5.09. The van der Waals surface area contributed by atoms with Crippen LogP contribution in [0.2, 0.25) is 0 Å². The summed E-state index contributed by atoms with van der Waals surface area (Å²) in [6, 6.07) is 0. The van der Waals surface area contributed by atoms with Gasteiger partial charge >= 0.3 is 0 Å². The fourth-order valence-corrected chi connectivity index (χ4v) is 1.99. The summed E-state index contributed by atoms with van der Waals surface area (Å²) >= 11 is 0. The van der Waals surface area contributed by atoms with Gasteiger partial charge in [0.2, 0.25) is 0 Å². The molecule has 1 aliphatic heterocycles. The van der Waals surface area contributed by atoms with E-state index in [0.717, 1.165) is 38.8 Å². The van der Waals surface area contributed by atoms with E-state index in [2.05, 4.69) is 24.1 Å². The molecule has 3 nitrogen and oxygen atoms in total. The van der Waals surface area contributed by atoms with Crippen LogP contribution < -0.4 is 5.32 Å². The maximum Gasteiger partial charge on any atom is 0.0594 e. The maximum atomic E-state index is 5.32. The topological polar surface area (TPSA) is 24.5 Å². The van der Waals surface area contributed by atoms with Gasteiger partial charge in [0.25, 0.3) is 0 Å². The molecule has 0 atom stereocenters. The summed E-state index contributed by atoms with van der Waals surface area (Å²) in [7, 11) is 0. The summed E-state index contributed by atoms with van der Waals surface area (Å²) in [5.41, 5.74) is 0. The van der Waals surface area contributed by atoms with Gasteiger partial charge in [0.15, 0.2) is 0 Å². The number of hydrogen-bond donors (Lipinski definition) is 1. The van der Waals surface area contributed by atoms with Crippen LogP contribution in [-0.2, 0) is 4.74 Å². The Labute approximate surface area is 101 Å². The molecule has 0 amide bonds. The largest absolute Gasteiger partial charge is 0.379 e. The fourth-order valence-electron chi connectivity index (χ4n) is 1.99. The minimum absolute atomic E-state index is 0.855. The molecular weight excluding hydrogens is 200 g/mol. The van der Waals surface area contributed by atoms with Gasteiger partial charge in [-0.25, -0.2) is 0 Å². The molecule has 0 aromatic heterocycles. The third kappa shape index (κ3) is 7.20. The molecule has 0 saturated carbocycles. The zero-order valence-electron chi connectivity index (χ0n) is 11.0. The Morgan fingerprint density at radius 3 is 2.56 bits per heavy atom. The van der Waals surface area contributed by atoms with Crippen LogP contribution >= 0.6 is 0 Å². The third-order valence-corrected chi connectivity index (χ3v) is 3.09. The van der Waals surface area contributed by atoms with Crippen molar-refractivity contribution in [3.63, 3.8) is 0 Å². The SMILES string of the molecule is CC(C)CCCCNCCN1CCOCC1. The van der Waals surface area contributed by atoms with Crippen LogP contribution in [-0.4, -0.2) is 50.8 Å². The van der Waals surface area contributed by atoms with Crippen molar-refractivity contribution in [1.82, 2.24) is 10.2 Å². The lowest BCUT2D eigenvalue weighted by Crippen LogP contribution is -2.40. The van der Waals surface area contributed by atoms with Crippen molar-refractivity contribution >= 4 is 0 Å². The molecule has 0 spiro atoms. The molecule has 0 aromatic rings. The van der Waals surface area contributed by atoms with Crippen molar-refractivity contribution in [3.8, 4) is 0 Å². The van der Waals surface area contributed by atoms with E-state index < -0.39 is 0 Å². The minimum Gasteiger partial charge on any atom is -0.379 e. The minimum atomic E-state index is 0.855. The van der Waals surface area contributed by atoms with Crippen molar-refractivity contribution < 1.29 is 4.74 Å². The van der Waals surface area contributed by atoms with Crippen molar-refractivity contribution in [3.05, 3.63) is 0 Å². The van der Waals surface area contributed by atoms with Gasteiger partial charge in [0.1, 0.15) is 0 Å². The van der Waals surface area contributed by atoms with E-state index in [9.17, 15) is 0 Å². The molecule has 1 fully saturated rings. The highest BCUT2D eigenvalue weighted by molar-refractivity contribution is 4.63. The van der Waals surface area contributed by atoms with E-state index in [1.165, 1.54) is 32.4 Å². The molecule has 1 heterocycles. The van der Waals surface area contributed by atoms with Crippen LogP contribution in [0.4, 0.5) is 0 Å². The van der Waals surface area contributed by atoms with Gasteiger partial charge in [-0.1, -0.05) is 26.7 Å². The lowest BCUT2D eigenvalue weighted by atomic mass is 10.1. The van der Waals surface area contributed by atoms with Gasteiger partial charge in [-0.15, -0.1) is 0 Å². The van der Waals surface area contributed by atoms with Gasteiger partial charge in [-0.05, 0) is 18.9 Å². The molecule has 3 heteroatoms. The average molecular weight is 228 g/mol. The van der Waals surface area contributed by atoms with Crippen LogP contribution in [0.3, 0.4) is 0 Å². The predicted molar refractivity (Wildman–Crippen MR) is 68.8 cm³/mol. The summed E-state index contributed by atoms with van der Waals surface area (Å²) in [4.78, 5) is 2.48. The summed E-state index contributed by atoms with van der Waals surface area (Å²) in [6.45, 7) is 12.1. The first kappa shape index (κ1) is 13.9. The van der Waals surface area contributed by atoms with Gasteiger partial charge in [-0.2, -0.15) is 0 Å². The van der Waals surface area contributed by atoms with E-state index in [4.69, 9.17) is 4.74 Å². The van der Waals surface area contributed by atoms with Crippen LogP contribution in [0, 0.1) is 5.92 Å². The van der Waals surface area contributed by atoms with E-state index in [-0.39, 0.29) is 0 Å². The Morgan fingerprint density at radius 1 is 1.12 bits per heavy atom. The standard InChI is InChI=1S/C13H28N2O/c1-13(2)5-3-4-6-14-7-8-15-9-11-16-12-10-15/h13-14H,3-12H2,1-2H3. The number of nitrogens with zero attached hydrogens (tertiary/aromatic N) is 1. The average Bonchev–Trinajstić information content (AvgIpc) is 2.29. The van der Waals surface area contributed by atoms with E-state index in [0.29, 0.717) is 0 Å². The summed E-state index contributed by atoms with van der Waals surface area (Å²) in [5.74, 6) is 0.855. The van der Waals surface area contributed by atoms with E-state index in [1.807, 2.05) is 0 Å². The molecule has 0 aromatic carbocycles. The maximum absolute atomic E-state index is 5.32. The lowest BCUT2D eigenvalue weighted by molar-refractivity contribution is 0.0384. The molecule has 1 rings (SSSR count). The van der Waals surface area contributed by atoms with Gasteiger partial charge < -0.3 is 10.1 Å². The van der Waals surface area contributed by atoms with Crippen molar-refractivity contribution in [2.75, 3.05) is 45.9 Å². The zero-order chi connectivity index (χ0) is 11.6. The van der Waals surface area contributed by atoms with Gasteiger partial charge in [-0.3, -0.25) is 4.90 Å².